The van der Waals surface area contributed by atoms with Crippen LogP contribution >= 0.6 is 0 Å². The molecule has 0 saturated heterocycles. The first kappa shape index (κ1) is 105. The van der Waals surface area contributed by atoms with E-state index in [0.29, 0.717) is 164 Å². The maximum atomic E-state index is 14.3. The minimum atomic E-state index is -0.710. The van der Waals surface area contributed by atoms with Crippen LogP contribution in [0, 0.1) is 71.0 Å². The van der Waals surface area contributed by atoms with Crippen molar-refractivity contribution in [3.8, 4) is 46.0 Å². The number of ether oxygens (including phenoxy) is 4. The molecule has 0 N–H and O–H groups in total. The molecule has 0 radical (unpaired) electrons. The van der Waals surface area contributed by atoms with Crippen LogP contribution in [0.4, 0.5) is 0 Å². The number of hydrogen-bond donors (Lipinski definition) is 0. The summed E-state index contributed by atoms with van der Waals surface area (Å²) in [5.41, 5.74) is 5.84. The molecule has 12 unspecified atom stereocenters. The van der Waals surface area contributed by atoms with E-state index in [9.17, 15) is 47.9 Å². The highest BCUT2D eigenvalue weighted by Crippen LogP contribution is 2.64. The van der Waals surface area contributed by atoms with Crippen molar-refractivity contribution in [3.63, 3.8) is 0 Å². The van der Waals surface area contributed by atoms with Gasteiger partial charge in [0.15, 0.2) is 0 Å². The summed E-state index contributed by atoms with van der Waals surface area (Å²) in [5.74, 6) is 8.89. The summed E-state index contributed by atoms with van der Waals surface area (Å²) in [6.07, 6.45) is 44.8. The van der Waals surface area contributed by atoms with Crippen molar-refractivity contribution < 1.29 is 66.9 Å². The number of rotatable bonds is 53. The van der Waals surface area contributed by atoms with E-state index in [4.69, 9.17) is 18.9 Å². The van der Waals surface area contributed by atoms with Gasteiger partial charge in [0.2, 0.25) is 0 Å². The van der Waals surface area contributed by atoms with Crippen LogP contribution in [0.2, 0.25) is 0 Å². The maximum Gasteiger partial charge on any atom is 0.262 e. The number of hydrogen-bond acceptors (Lipinski definition) is 14. The van der Waals surface area contributed by atoms with E-state index in [1.54, 1.807) is 72.8 Å². The van der Waals surface area contributed by atoms with Crippen molar-refractivity contribution in [2.24, 2.45) is 71.0 Å². The molecule has 19 heteroatoms. The summed E-state index contributed by atoms with van der Waals surface area (Å²) >= 11 is 0. The Kier molecular flexibility index (Phi) is 33.7. The van der Waals surface area contributed by atoms with Crippen LogP contribution in [0.25, 0.3) is 0 Å². The second-order valence-corrected chi connectivity index (χ2v) is 45.8. The molecule has 19 nitrogen and oxygen atoms in total. The molecular weight excluding hydrogens is 1810 g/mol. The lowest BCUT2D eigenvalue weighted by molar-refractivity contribution is -0.137. The summed E-state index contributed by atoms with van der Waals surface area (Å²) in [6, 6.07) is 52.4. The molecule has 0 aromatic heterocycles. The van der Waals surface area contributed by atoms with Gasteiger partial charge in [0.1, 0.15) is 46.0 Å². The van der Waals surface area contributed by atoms with Gasteiger partial charge in [-0.3, -0.25) is 72.4 Å². The molecule has 145 heavy (non-hydrogen) atoms. The number of amides is 10. The maximum absolute atomic E-state index is 14.3. The number of carbonyl (C=O) groups is 10. The van der Waals surface area contributed by atoms with Crippen LogP contribution in [0.15, 0.2) is 182 Å². The summed E-state index contributed by atoms with van der Waals surface area (Å²) in [6.45, 7) is 25.6. The van der Waals surface area contributed by atoms with Crippen LogP contribution in [-0.2, 0) is 20.4 Å². The zero-order valence-corrected chi connectivity index (χ0v) is 88.0. The topological polar surface area (TPSA) is 224 Å². The first-order valence-electron chi connectivity index (χ1n) is 55.7. The largest absolute Gasteiger partial charge is 0.457 e. The number of carbonyl (C=O) groups excluding carboxylic acids is 10. The molecular formula is C126H155N5O14. The van der Waals surface area contributed by atoms with E-state index in [-0.39, 0.29) is 64.5 Å². The molecule has 2 bridgehead atoms. The van der Waals surface area contributed by atoms with Gasteiger partial charge in [-0.1, -0.05) is 265 Å². The van der Waals surface area contributed by atoms with Gasteiger partial charge in [-0.25, -0.2) is 0 Å². The third-order valence-corrected chi connectivity index (χ3v) is 35.4. The van der Waals surface area contributed by atoms with E-state index in [1.165, 1.54) is 171 Å². The van der Waals surface area contributed by atoms with Crippen molar-refractivity contribution in [1.82, 2.24) is 24.5 Å². The average molecular weight is 1960 g/mol. The van der Waals surface area contributed by atoms with Gasteiger partial charge in [0.25, 0.3) is 59.1 Å². The number of fused-ring (bicyclic) bond motifs is 9. The third-order valence-electron chi connectivity index (χ3n) is 35.4. The highest BCUT2D eigenvalue weighted by Gasteiger charge is 2.58. The van der Waals surface area contributed by atoms with Crippen LogP contribution < -0.4 is 18.9 Å². The summed E-state index contributed by atoms with van der Waals surface area (Å²) < 4.78 is 25.4. The average Bonchev–Trinajstić information content (AvgIpc) is 1.57. The van der Waals surface area contributed by atoms with Gasteiger partial charge < -0.3 is 18.9 Å². The SMILES string of the molecule is CCCCCCCCC1C(CCCCCC)CCC(CCCCCCCCN2C(=O)c3ccc(Oc4ccc(C(C)(C)c5ccc(Oc6ccc7c(c6)C(=O)N(C(C)(C)CC6CC8CC6C6CC(CN9C(=O)C=CC9=O)CC86)C7=O)cc5)cc4)cc3C2=O)C1CCCCCCCCN1C(=O)c2ccc(Oc3ccc(C(C)(C)c4ccc(Oc5ccc6c(c5)C(=O)N(CCC(CC)C(C)CC)C6=O)cc4)cc3)cc2C1=O. The summed E-state index contributed by atoms with van der Waals surface area (Å²) in [7, 11) is 0. The van der Waals surface area contributed by atoms with Crippen LogP contribution in [-0.4, -0.2) is 115 Å². The van der Waals surface area contributed by atoms with E-state index in [2.05, 4.69) is 62.3 Å². The Balaban J connectivity index is 0.427. The van der Waals surface area contributed by atoms with Crippen molar-refractivity contribution in [2.45, 2.75) is 324 Å². The fourth-order valence-corrected chi connectivity index (χ4v) is 26.8. The Morgan fingerprint density at radius 1 is 0.310 bits per heavy atom. The molecule has 4 fully saturated rings. The first-order chi connectivity index (χ1) is 70.0. The molecule has 9 aliphatic rings. The quantitative estimate of drug-likeness (QED) is 0.0255. The Labute approximate surface area is 860 Å². The lowest BCUT2D eigenvalue weighted by Gasteiger charge is -2.44. The zero-order chi connectivity index (χ0) is 102. The van der Waals surface area contributed by atoms with E-state index < -0.39 is 11.0 Å². The molecule has 17 rings (SSSR count). The molecule has 12 atom stereocenters. The second kappa shape index (κ2) is 46.6. The van der Waals surface area contributed by atoms with Crippen molar-refractivity contribution >= 4 is 59.1 Å². The van der Waals surface area contributed by atoms with Crippen molar-refractivity contribution in [3.05, 3.63) is 249 Å². The number of imide groups is 5. The molecule has 4 aliphatic carbocycles. The van der Waals surface area contributed by atoms with Gasteiger partial charge in [0.05, 0.1) is 44.5 Å². The molecule has 8 aromatic carbocycles. The fraction of sp³-hybridized carbons (Fsp3) is 0.524. The van der Waals surface area contributed by atoms with Crippen LogP contribution in [0.3, 0.4) is 0 Å². The Morgan fingerprint density at radius 2 is 0.634 bits per heavy atom. The standard InChI is InChI=1S/C126H155N5O14/c1-12-16-18-20-26-32-38-101-85(36-30-19-17-13-2)40-41-86(102(101)39-33-27-22-24-29-35-70-128-117(135)104-63-59-98(77-111(104)120(128)138)143-93-50-42-89(43-51-93)125(8,9)91-46-54-95(55-47-91)144-99-60-64-105-112(78-99)121(139)129(118(105)136)71-68-84(15-4)82(5)14-3)37-31-25-21-23-28-34-69-127-116(134)103-62-58-97(76-110(103)119(127)137)142-94-52-44-90(45-53-94)126(10,11)92-48-56-96(57-49-92)145-100-61-65-106-113(79-100)123(141)131(122(106)140)124(6,7)80-88-74-87-75-108(88)109-73-83(72-107(87)109)81-130-114(132)66-67-115(130)133/h42-67,76-79,82-88,101-102,107-109H,12-41,68-75,80-81H2,1-11H3. The van der Waals surface area contributed by atoms with E-state index >= 15 is 0 Å². The summed E-state index contributed by atoms with van der Waals surface area (Å²) in [5, 5.41) is 0. The zero-order valence-electron chi connectivity index (χ0n) is 88.0. The first-order valence-corrected chi connectivity index (χ1v) is 55.7. The van der Waals surface area contributed by atoms with Gasteiger partial charge >= 0.3 is 0 Å². The van der Waals surface area contributed by atoms with Crippen LogP contribution in [0.5, 0.6) is 46.0 Å². The number of nitrogens with zero attached hydrogens (tertiary/aromatic N) is 5. The molecule has 768 valence electrons. The highest BCUT2D eigenvalue weighted by molar-refractivity contribution is 6.24. The van der Waals surface area contributed by atoms with Gasteiger partial charge in [-0.05, 0) is 305 Å². The Morgan fingerprint density at radius 3 is 1.02 bits per heavy atom. The van der Waals surface area contributed by atoms with Gasteiger partial charge in [0, 0.05) is 54.7 Å². The monoisotopic (exact) mass is 1960 g/mol. The van der Waals surface area contributed by atoms with E-state index in [0.717, 1.165) is 142 Å². The third kappa shape index (κ3) is 23.4. The predicted octanol–water partition coefficient (Wildman–Crippen LogP) is 29.9. The minimum absolute atomic E-state index is 0.213. The molecule has 4 saturated carbocycles. The number of unbranched alkanes of at least 4 members (excludes halogenated alkanes) is 18. The highest BCUT2D eigenvalue weighted by atomic mass is 16.5. The molecule has 0 spiro atoms. The lowest BCUT2D eigenvalue weighted by atomic mass is 9.61. The molecule has 8 aromatic rings. The number of benzene rings is 8. The minimum Gasteiger partial charge on any atom is -0.457 e. The van der Waals surface area contributed by atoms with E-state index in [1.807, 2.05) is 111 Å². The van der Waals surface area contributed by atoms with Gasteiger partial charge in [-0.2, -0.15) is 0 Å². The molecule has 5 heterocycles. The predicted molar refractivity (Wildman–Crippen MR) is 569 cm³/mol. The molecule has 5 aliphatic heterocycles. The fourth-order valence-electron chi connectivity index (χ4n) is 26.8. The van der Waals surface area contributed by atoms with Crippen molar-refractivity contribution in [1.29, 1.82) is 0 Å². The van der Waals surface area contributed by atoms with Gasteiger partial charge in [-0.15, -0.1) is 0 Å². The Hall–Kier alpha value is -11.6. The summed E-state index contributed by atoms with van der Waals surface area (Å²) in [4.78, 5) is 143. The normalized spacial score (nSPS) is 21.6. The molecule has 10 amide bonds. The Bertz CT molecular complexity index is 6010. The lowest BCUT2D eigenvalue weighted by Crippen LogP contribution is -2.49. The second-order valence-electron chi connectivity index (χ2n) is 45.8. The van der Waals surface area contributed by atoms with Crippen LogP contribution in [0.1, 0.15) is 412 Å². The smallest absolute Gasteiger partial charge is 0.262 e. The van der Waals surface area contributed by atoms with Crippen molar-refractivity contribution in [2.75, 3.05) is 26.2 Å².